The Balaban J connectivity index is 1.29. The molecule has 1 aliphatic heterocycles. The summed E-state index contributed by atoms with van der Waals surface area (Å²) >= 11 is 0. The van der Waals surface area contributed by atoms with Crippen molar-refractivity contribution in [3.63, 3.8) is 0 Å². The quantitative estimate of drug-likeness (QED) is 0.464. The first kappa shape index (κ1) is 21.3. The van der Waals surface area contributed by atoms with Crippen LogP contribution in [0.4, 0.5) is 0 Å². The van der Waals surface area contributed by atoms with Crippen LogP contribution in [0.1, 0.15) is 65.7 Å². The van der Waals surface area contributed by atoms with Crippen LogP contribution >= 0.6 is 0 Å². The number of carbonyl (C=O) groups excluding carboxylic acids is 1. The Morgan fingerprint density at radius 1 is 1.12 bits per heavy atom. The van der Waals surface area contributed by atoms with Crippen LogP contribution in [0.5, 0.6) is 0 Å². The maximum Gasteiger partial charge on any atom is 0.340 e. The lowest BCUT2D eigenvalue weighted by Crippen LogP contribution is -2.28. The number of aryl methyl sites for hydroxylation is 1. The van der Waals surface area contributed by atoms with Crippen molar-refractivity contribution in [1.29, 1.82) is 0 Å². The molecule has 0 radical (unpaired) electrons. The monoisotopic (exact) mass is 430 g/mol. The van der Waals surface area contributed by atoms with Crippen molar-refractivity contribution in [2.75, 3.05) is 19.6 Å². The molecule has 1 saturated carbocycles. The number of benzene rings is 2. The molecule has 3 aromatic rings. The number of fused-ring (bicyclic) bond motifs is 1. The van der Waals surface area contributed by atoms with Crippen LogP contribution in [-0.4, -0.2) is 35.5 Å². The van der Waals surface area contributed by atoms with E-state index in [4.69, 9.17) is 4.74 Å². The number of carbonyl (C=O) groups is 1. The van der Waals surface area contributed by atoms with E-state index in [1.165, 1.54) is 44.3 Å². The van der Waals surface area contributed by atoms with Crippen molar-refractivity contribution in [3.8, 4) is 0 Å². The molecule has 1 saturated heterocycles. The van der Waals surface area contributed by atoms with Gasteiger partial charge in [-0.25, -0.2) is 4.79 Å². The third-order valence-corrected chi connectivity index (χ3v) is 7.65. The van der Waals surface area contributed by atoms with Crippen LogP contribution in [0.2, 0.25) is 0 Å². The largest absolute Gasteiger partial charge is 0.457 e. The Bertz CT molecular complexity index is 1080. The minimum absolute atomic E-state index is 0.259. The minimum Gasteiger partial charge on any atom is -0.457 e. The van der Waals surface area contributed by atoms with Gasteiger partial charge in [-0.1, -0.05) is 62.6 Å². The molecule has 1 aliphatic carbocycles. The smallest absolute Gasteiger partial charge is 0.340 e. The molecule has 2 fully saturated rings. The average molecular weight is 431 g/mol. The highest BCUT2D eigenvalue weighted by Crippen LogP contribution is 2.38. The summed E-state index contributed by atoms with van der Waals surface area (Å²) in [5, 5.41) is 0.971. The van der Waals surface area contributed by atoms with Gasteiger partial charge in [0.25, 0.3) is 0 Å². The van der Waals surface area contributed by atoms with Crippen LogP contribution in [0, 0.1) is 18.8 Å². The molecule has 0 bridgehead atoms. The van der Waals surface area contributed by atoms with Crippen LogP contribution < -0.4 is 0 Å². The first-order valence-electron chi connectivity index (χ1n) is 12.1. The molecule has 1 aromatic heterocycles. The molecule has 2 heterocycles. The Kier molecular flexibility index (Phi) is 6.05. The van der Waals surface area contributed by atoms with E-state index in [0.717, 1.165) is 40.5 Å². The maximum absolute atomic E-state index is 13.0. The summed E-state index contributed by atoms with van der Waals surface area (Å²) in [6.45, 7) is 8.13. The molecule has 0 spiro atoms. The van der Waals surface area contributed by atoms with Crippen molar-refractivity contribution in [1.82, 2.24) is 9.88 Å². The lowest BCUT2D eigenvalue weighted by Gasteiger charge is -2.31. The summed E-state index contributed by atoms with van der Waals surface area (Å²) < 4.78 is 5.65. The second-order valence-electron chi connectivity index (χ2n) is 9.89. The number of nitrogens with zero attached hydrogens (tertiary/aromatic N) is 1. The Morgan fingerprint density at radius 3 is 2.69 bits per heavy atom. The van der Waals surface area contributed by atoms with Gasteiger partial charge in [-0.15, -0.1) is 0 Å². The highest BCUT2D eigenvalue weighted by molar-refractivity contribution is 6.05. The average Bonchev–Trinajstić information content (AvgIpc) is 3.34. The molecule has 4 heteroatoms. The number of hydrogen-bond acceptors (Lipinski definition) is 3. The molecule has 2 aromatic carbocycles. The SMILES string of the molecule is Cc1[nH]c2ccc(C(C)CN3CCC(C4CCC4)C3)cc2c1C(=O)OCc1ccccc1. The van der Waals surface area contributed by atoms with Gasteiger partial charge in [0.2, 0.25) is 0 Å². The summed E-state index contributed by atoms with van der Waals surface area (Å²) in [7, 11) is 0. The Labute approximate surface area is 191 Å². The topological polar surface area (TPSA) is 45.3 Å². The third kappa shape index (κ3) is 4.33. The Morgan fingerprint density at radius 2 is 1.94 bits per heavy atom. The summed E-state index contributed by atoms with van der Waals surface area (Å²) in [5.74, 6) is 2.07. The van der Waals surface area contributed by atoms with E-state index in [1.807, 2.05) is 37.3 Å². The zero-order chi connectivity index (χ0) is 22.1. The molecule has 4 nitrogen and oxygen atoms in total. The zero-order valence-corrected chi connectivity index (χ0v) is 19.3. The lowest BCUT2D eigenvalue weighted by molar-refractivity contribution is 0.0474. The van der Waals surface area contributed by atoms with Gasteiger partial charge in [0.05, 0.1) is 5.56 Å². The highest BCUT2D eigenvalue weighted by atomic mass is 16.5. The van der Waals surface area contributed by atoms with Gasteiger partial charge in [-0.2, -0.15) is 0 Å². The number of H-pyrrole nitrogens is 1. The first-order valence-corrected chi connectivity index (χ1v) is 12.1. The number of ether oxygens (including phenoxy) is 1. The molecule has 2 unspecified atom stereocenters. The molecule has 2 atom stereocenters. The minimum atomic E-state index is -0.259. The molecular weight excluding hydrogens is 396 g/mol. The van der Waals surface area contributed by atoms with Gasteiger partial charge in [0.1, 0.15) is 6.61 Å². The van der Waals surface area contributed by atoms with Gasteiger partial charge in [-0.3, -0.25) is 0 Å². The van der Waals surface area contributed by atoms with E-state index in [-0.39, 0.29) is 5.97 Å². The molecule has 168 valence electrons. The number of aromatic nitrogens is 1. The van der Waals surface area contributed by atoms with Crippen molar-refractivity contribution in [3.05, 3.63) is 70.9 Å². The number of nitrogens with one attached hydrogen (secondary N) is 1. The standard InChI is InChI=1S/C28H34N2O2/c1-19(16-30-14-13-24(17-30)22-9-6-10-22)23-11-12-26-25(15-23)27(20(2)29-26)28(31)32-18-21-7-4-3-5-8-21/h3-5,7-8,11-12,15,19,22,24,29H,6,9-10,13-14,16-18H2,1-2H3. The predicted octanol–water partition coefficient (Wildman–Crippen LogP) is 6.06. The third-order valence-electron chi connectivity index (χ3n) is 7.65. The highest BCUT2D eigenvalue weighted by Gasteiger charge is 2.33. The molecular formula is C28H34N2O2. The predicted molar refractivity (Wildman–Crippen MR) is 129 cm³/mol. The van der Waals surface area contributed by atoms with Crippen molar-refractivity contribution in [2.24, 2.45) is 11.8 Å². The normalized spacial score (nSPS) is 20.4. The molecule has 2 aliphatic rings. The van der Waals surface area contributed by atoms with Crippen molar-refractivity contribution >= 4 is 16.9 Å². The Hall–Kier alpha value is -2.59. The van der Waals surface area contributed by atoms with E-state index >= 15 is 0 Å². The lowest BCUT2D eigenvalue weighted by atomic mass is 9.75. The molecule has 0 amide bonds. The van der Waals surface area contributed by atoms with Crippen LogP contribution in [0.25, 0.3) is 10.9 Å². The molecule has 32 heavy (non-hydrogen) atoms. The van der Waals surface area contributed by atoms with Crippen molar-refractivity contribution in [2.45, 2.75) is 52.1 Å². The first-order chi connectivity index (χ1) is 15.6. The van der Waals surface area contributed by atoms with E-state index in [9.17, 15) is 4.79 Å². The zero-order valence-electron chi connectivity index (χ0n) is 19.3. The second-order valence-corrected chi connectivity index (χ2v) is 9.89. The van der Waals surface area contributed by atoms with E-state index in [1.54, 1.807) is 0 Å². The maximum atomic E-state index is 13.0. The summed E-state index contributed by atoms with van der Waals surface area (Å²) in [4.78, 5) is 19.0. The fourth-order valence-corrected chi connectivity index (χ4v) is 5.53. The molecule has 5 rings (SSSR count). The van der Waals surface area contributed by atoms with Gasteiger partial charge in [0, 0.05) is 29.7 Å². The van der Waals surface area contributed by atoms with Gasteiger partial charge in [-0.05, 0) is 60.9 Å². The van der Waals surface area contributed by atoms with Gasteiger partial charge in [0.15, 0.2) is 0 Å². The number of rotatable bonds is 7. The van der Waals surface area contributed by atoms with Crippen LogP contribution in [0.3, 0.4) is 0 Å². The van der Waals surface area contributed by atoms with Crippen molar-refractivity contribution < 1.29 is 9.53 Å². The number of aromatic amines is 1. The second kappa shape index (κ2) is 9.11. The summed E-state index contributed by atoms with van der Waals surface area (Å²) in [6.07, 6.45) is 5.69. The van der Waals surface area contributed by atoms with E-state index in [0.29, 0.717) is 18.1 Å². The molecule has 1 N–H and O–H groups in total. The van der Waals surface area contributed by atoms with E-state index < -0.39 is 0 Å². The van der Waals surface area contributed by atoms with E-state index in [2.05, 4.69) is 35.0 Å². The van der Waals surface area contributed by atoms with Crippen LogP contribution in [0.15, 0.2) is 48.5 Å². The number of hydrogen-bond donors (Lipinski definition) is 1. The summed E-state index contributed by atoms with van der Waals surface area (Å²) in [6, 6.07) is 16.4. The van der Waals surface area contributed by atoms with Gasteiger partial charge < -0.3 is 14.6 Å². The van der Waals surface area contributed by atoms with Crippen LogP contribution in [-0.2, 0) is 11.3 Å². The summed E-state index contributed by atoms with van der Waals surface area (Å²) in [5.41, 5.74) is 4.82. The number of esters is 1. The fourth-order valence-electron chi connectivity index (χ4n) is 5.53. The van der Waals surface area contributed by atoms with Gasteiger partial charge >= 0.3 is 5.97 Å². The number of likely N-dealkylation sites (tertiary alicyclic amines) is 1. The fraction of sp³-hybridized carbons (Fsp3) is 0.464.